The molecule has 0 saturated carbocycles. The van der Waals surface area contributed by atoms with Crippen molar-refractivity contribution in [1.82, 2.24) is 9.78 Å². The fourth-order valence-electron chi connectivity index (χ4n) is 1.93. The van der Waals surface area contributed by atoms with E-state index >= 15 is 0 Å². The molecule has 0 spiro atoms. The maximum Gasteiger partial charge on any atom is 0.359 e. The van der Waals surface area contributed by atoms with Crippen molar-refractivity contribution in [3.63, 3.8) is 0 Å². The molecule has 0 radical (unpaired) electrons. The van der Waals surface area contributed by atoms with Crippen molar-refractivity contribution in [2.75, 3.05) is 0 Å². The van der Waals surface area contributed by atoms with Gasteiger partial charge in [-0.1, -0.05) is 12.1 Å². The third kappa shape index (κ3) is 2.22. The summed E-state index contributed by atoms with van der Waals surface area (Å²) in [5.41, 5.74) is 1.84. The van der Waals surface area contributed by atoms with Crippen LogP contribution in [0, 0.1) is 24.6 Å². The summed E-state index contributed by atoms with van der Waals surface area (Å²) in [5.74, 6) is -0.318. The summed E-state index contributed by atoms with van der Waals surface area (Å²) in [7, 11) is 0. The number of benzene rings is 1. The molecule has 2 aromatic rings. The minimum atomic E-state index is -0.318. The van der Waals surface area contributed by atoms with Gasteiger partial charge in [0.25, 0.3) is 4.92 Å². The third-order valence-electron chi connectivity index (χ3n) is 2.76. The van der Waals surface area contributed by atoms with Crippen molar-refractivity contribution in [2.24, 2.45) is 0 Å². The number of aromatic nitrogens is 2. The minimum absolute atomic E-state index is 0.131. The molecule has 94 valence electrons. The smallest absolute Gasteiger partial charge is 0.258 e. The van der Waals surface area contributed by atoms with E-state index in [4.69, 9.17) is 5.21 Å². The molecule has 0 atom stereocenters. The SMILES string of the molecule is Cc1nn(Cc2cccc(F)c2)c(C)c1[N+](=O)O. The van der Waals surface area contributed by atoms with Gasteiger partial charge in [-0.2, -0.15) is 5.10 Å². The molecule has 18 heavy (non-hydrogen) atoms. The van der Waals surface area contributed by atoms with Gasteiger partial charge in [0.2, 0.25) is 0 Å². The molecule has 1 heterocycles. The first-order valence-corrected chi connectivity index (χ1v) is 5.43. The van der Waals surface area contributed by atoms with E-state index in [-0.39, 0.29) is 16.4 Å². The standard InChI is InChI=1S/C12H13FN3O2/c1-8-12(16(17)18)9(2)15(14-8)7-10-4-3-5-11(13)6-10/h3-6H,7H2,1-2H3,(H,17,18)/q+1. The number of halogens is 1. The van der Waals surface area contributed by atoms with Gasteiger partial charge >= 0.3 is 5.69 Å². The van der Waals surface area contributed by atoms with Crippen LogP contribution in [0.4, 0.5) is 10.1 Å². The number of rotatable bonds is 3. The summed E-state index contributed by atoms with van der Waals surface area (Å²) >= 11 is 0. The zero-order chi connectivity index (χ0) is 13.3. The lowest BCUT2D eigenvalue weighted by atomic mass is 10.2. The second-order valence-corrected chi connectivity index (χ2v) is 4.08. The quantitative estimate of drug-likeness (QED) is 0.851. The van der Waals surface area contributed by atoms with E-state index in [1.165, 1.54) is 12.1 Å². The molecule has 0 saturated heterocycles. The van der Waals surface area contributed by atoms with Crippen LogP contribution in [0.2, 0.25) is 0 Å². The van der Waals surface area contributed by atoms with Crippen LogP contribution in [0.3, 0.4) is 0 Å². The lowest BCUT2D eigenvalue weighted by Gasteiger charge is -2.03. The van der Waals surface area contributed by atoms with E-state index in [0.29, 0.717) is 17.9 Å². The van der Waals surface area contributed by atoms with Crippen LogP contribution in [0.15, 0.2) is 24.3 Å². The zero-order valence-corrected chi connectivity index (χ0v) is 10.1. The normalized spacial score (nSPS) is 10.6. The Morgan fingerprint density at radius 2 is 2.17 bits per heavy atom. The van der Waals surface area contributed by atoms with Crippen LogP contribution in [0.25, 0.3) is 0 Å². The van der Waals surface area contributed by atoms with E-state index in [9.17, 15) is 9.30 Å². The lowest BCUT2D eigenvalue weighted by molar-refractivity contribution is -0.730. The molecule has 0 aliphatic heterocycles. The Morgan fingerprint density at radius 1 is 1.44 bits per heavy atom. The first-order valence-electron chi connectivity index (χ1n) is 5.43. The van der Waals surface area contributed by atoms with Gasteiger partial charge in [0, 0.05) is 0 Å². The van der Waals surface area contributed by atoms with E-state index in [0.717, 1.165) is 5.56 Å². The van der Waals surface area contributed by atoms with Crippen molar-refractivity contribution >= 4 is 5.69 Å². The Hall–Kier alpha value is -2.24. The van der Waals surface area contributed by atoms with Gasteiger partial charge in [0.15, 0.2) is 0 Å². The number of aryl methyl sites for hydroxylation is 1. The second kappa shape index (κ2) is 4.56. The van der Waals surface area contributed by atoms with Crippen molar-refractivity contribution in [3.8, 4) is 0 Å². The Morgan fingerprint density at radius 3 is 2.72 bits per heavy atom. The van der Waals surface area contributed by atoms with Gasteiger partial charge in [0.1, 0.15) is 17.2 Å². The predicted octanol–water partition coefficient (Wildman–Crippen LogP) is 2.49. The van der Waals surface area contributed by atoms with Crippen LogP contribution >= 0.6 is 0 Å². The largest absolute Gasteiger partial charge is 0.359 e. The summed E-state index contributed by atoms with van der Waals surface area (Å²) in [4.78, 5) is 10.8. The maximum absolute atomic E-state index is 13.1. The lowest BCUT2D eigenvalue weighted by Crippen LogP contribution is -2.04. The van der Waals surface area contributed by atoms with Gasteiger partial charge in [-0.05, 0) is 31.5 Å². The Bertz CT molecular complexity index is 607. The van der Waals surface area contributed by atoms with Crippen LogP contribution < -0.4 is 0 Å². The van der Waals surface area contributed by atoms with Gasteiger partial charge < -0.3 is 0 Å². The highest BCUT2D eigenvalue weighted by atomic mass is 19.1. The van der Waals surface area contributed by atoms with E-state index in [1.807, 2.05) is 0 Å². The van der Waals surface area contributed by atoms with Crippen LogP contribution in [0.1, 0.15) is 17.0 Å². The summed E-state index contributed by atoms with van der Waals surface area (Å²) in [6, 6.07) is 6.16. The maximum atomic E-state index is 13.1. The first-order chi connectivity index (χ1) is 8.49. The topological polar surface area (TPSA) is 58.1 Å². The number of hydrogen-bond donors (Lipinski definition) is 1. The molecule has 0 bridgehead atoms. The van der Waals surface area contributed by atoms with Gasteiger partial charge in [0.05, 0.1) is 11.5 Å². The minimum Gasteiger partial charge on any atom is -0.258 e. The Labute approximate surface area is 103 Å². The molecule has 6 heteroatoms. The summed E-state index contributed by atoms with van der Waals surface area (Å²) in [6.45, 7) is 3.65. The molecule has 1 aromatic heterocycles. The molecule has 0 fully saturated rings. The van der Waals surface area contributed by atoms with Crippen LogP contribution in [0.5, 0.6) is 0 Å². The van der Waals surface area contributed by atoms with Gasteiger partial charge in [-0.25, -0.2) is 9.60 Å². The number of nitrogens with zero attached hydrogens (tertiary/aromatic N) is 3. The van der Waals surface area contributed by atoms with Gasteiger partial charge in [-0.3, -0.25) is 4.68 Å². The molecule has 0 aliphatic carbocycles. The molecular weight excluding hydrogens is 237 g/mol. The highest BCUT2D eigenvalue weighted by Crippen LogP contribution is 2.22. The van der Waals surface area contributed by atoms with Crippen LogP contribution in [-0.4, -0.2) is 19.9 Å². The molecule has 5 nitrogen and oxygen atoms in total. The molecule has 0 amide bonds. The Kier molecular flexibility index (Phi) is 3.10. The average molecular weight is 250 g/mol. The molecular formula is C12H13FN3O2+. The summed E-state index contributed by atoms with van der Waals surface area (Å²) in [5, 5.41) is 13.1. The molecule has 2 rings (SSSR count). The fraction of sp³-hybridized carbons (Fsp3) is 0.250. The monoisotopic (exact) mass is 250 g/mol. The van der Waals surface area contributed by atoms with Gasteiger partial charge in [-0.15, -0.1) is 0 Å². The summed E-state index contributed by atoms with van der Waals surface area (Å²) < 4.78 is 14.6. The molecule has 1 N–H and O–H groups in total. The van der Waals surface area contributed by atoms with E-state index in [1.54, 1.807) is 30.7 Å². The Balaban J connectivity index is 2.36. The highest BCUT2D eigenvalue weighted by molar-refractivity contribution is 5.39. The van der Waals surface area contributed by atoms with Crippen molar-refractivity contribution < 1.29 is 14.5 Å². The predicted molar refractivity (Wildman–Crippen MR) is 62.3 cm³/mol. The van der Waals surface area contributed by atoms with Crippen molar-refractivity contribution in [3.05, 3.63) is 51.9 Å². The van der Waals surface area contributed by atoms with Crippen molar-refractivity contribution in [1.29, 1.82) is 0 Å². The van der Waals surface area contributed by atoms with E-state index < -0.39 is 0 Å². The molecule has 0 aliphatic rings. The third-order valence-corrected chi connectivity index (χ3v) is 2.76. The highest BCUT2D eigenvalue weighted by Gasteiger charge is 2.26. The van der Waals surface area contributed by atoms with Crippen LogP contribution in [-0.2, 0) is 6.54 Å². The first kappa shape index (κ1) is 12.2. The molecule has 1 aromatic carbocycles. The fourth-order valence-corrected chi connectivity index (χ4v) is 1.93. The molecule has 0 unspecified atom stereocenters. The number of hydrogen-bond acceptors (Lipinski definition) is 2. The average Bonchev–Trinajstić information content (AvgIpc) is 2.54. The summed E-state index contributed by atoms with van der Waals surface area (Å²) in [6.07, 6.45) is 0. The second-order valence-electron chi connectivity index (χ2n) is 4.08. The zero-order valence-electron chi connectivity index (χ0n) is 10.1. The van der Waals surface area contributed by atoms with E-state index in [2.05, 4.69) is 5.10 Å². The van der Waals surface area contributed by atoms with Crippen molar-refractivity contribution in [2.45, 2.75) is 20.4 Å².